The Morgan fingerprint density at radius 3 is 2.44 bits per heavy atom. The molecule has 2 heterocycles. The second-order valence-corrected chi connectivity index (χ2v) is 8.98. The lowest BCUT2D eigenvalue weighted by atomic mass is 9.76. The van der Waals surface area contributed by atoms with E-state index in [1.165, 1.54) is 16.7 Å². The number of rotatable bonds is 4. The van der Waals surface area contributed by atoms with Crippen molar-refractivity contribution < 1.29 is 14.7 Å². The highest BCUT2D eigenvalue weighted by atomic mass is 16.4. The molecule has 27 heavy (non-hydrogen) atoms. The second kappa shape index (κ2) is 6.93. The number of hydrogen-bond donors (Lipinski definition) is 1. The minimum absolute atomic E-state index is 0.0448. The number of carboxylic acids is 1. The van der Waals surface area contributed by atoms with Crippen LogP contribution < -0.4 is 0 Å². The van der Waals surface area contributed by atoms with E-state index in [2.05, 4.69) is 36.9 Å². The van der Waals surface area contributed by atoms with Crippen LogP contribution in [0.3, 0.4) is 0 Å². The molecule has 146 valence electrons. The van der Waals surface area contributed by atoms with Crippen LogP contribution >= 0.6 is 0 Å². The van der Waals surface area contributed by atoms with Crippen molar-refractivity contribution in [3.63, 3.8) is 0 Å². The van der Waals surface area contributed by atoms with Crippen molar-refractivity contribution in [2.75, 3.05) is 19.6 Å². The van der Waals surface area contributed by atoms with Gasteiger partial charge in [0.1, 0.15) is 6.04 Å². The largest absolute Gasteiger partial charge is 0.480 e. The van der Waals surface area contributed by atoms with E-state index in [1.807, 2.05) is 4.90 Å². The van der Waals surface area contributed by atoms with Crippen molar-refractivity contribution >= 4 is 11.9 Å². The number of aliphatic carboxylic acids is 1. The van der Waals surface area contributed by atoms with Gasteiger partial charge >= 0.3 is 5.97 Å². The lowest BCUT2D eigenvalue weighted by molar-refractivity contribution is -0.142. The van der Waals surface area contributed by atoms with Gasteiger partial charge in [0.05, 0.1) is 0 Å². The molecule has 1 N–H and O–H groups in total. The molecule has 0 radical (unpaired) electrons. The quantitative estimate of drug-likeness (QED) is 0.885. The fraction of sp³-hybridized carbons (Fsp3) is 0.636. The molecule has 4 rings (SSSR count). The van der Waals surface area contributed by atoms with Crippen molar-refractivity contribution in [1.82, 2.24) is 9.80 Å². The normalized spacial score (nSPS) is 25.1. The van der Waals surface area contributed by atoms with E-state index in [1.54, 1.807) is 0 Å². The number of likely N-dealkylation sites (tertiary alicyclic amines) is 2. The second-order valence-electron chi connectivity index (χ2n) is 8.98. The van der Waals surface area contributed by atoms with Gasteiger partial charge in [-0.1, -0.05) is 18.2 Å². The number of amides is 1. The maximum absolute atomic E-state index is 12.3. The smallest absolute Gasteiger partial charge is 0.320 e. The summed E-state index contributed by atoms with van der Waals surface area (Å²) in [5.74, 6) is -0.118. The van der Waals surface area contributed by atoms with Gasteiger partial charge in [0.25, 0.3) is 0 Å². The van der Waals surface area contributed by atoms with Crippen molar-refractivity contribution in [1.29, 1.82) is 0 Å². The Balaban J connectivity index is 1.44. The topological polar surface area (TPSA) is 60.9 Å². The fourth-order valence-corrected chi connectivity index (χ4v) is 4.84. The molecule has 1 aliphatic carbocycles. The van der Waals surface area contributed by atoms with E-state index in [9.17, 15) is 14.7 Å². The van der Waals surface area contributed by atoms with Crippen LogP contribution in [0.5, 0.6) is 0 Å². The predicted molar refractivity (Wildman–Crippen MR) is 103 cm³/mol. The zero-order valence-corrected chi connectivity index (χ0v) is 16.4. The maximum Gasteiger partial charge on any atom is 0.320 e. The van der Waals surface area contributed by atoms with Gasteiger partial charge in [-0.15, -0.1) is 0 Å². The minimum Gasteiger partial charge on any atom is -0.480 e. The molecule has 5 heteroatoms. The molecular weight excluding hydrogens is 340 g/mol. The Bertz CT molecular complexity index is 748. The summed E-state index contributed by atoms with van der Waals surface area (Å²) in [5.41, 5.74) is 3.74. The summed E-state index contributed by atoms with van der Waals surface area (Å²) >= 11 is 0. The minimum atomic E-state index is -0.716. The molecule has 1 amide bonds. The average molecular weight is 370 g/mol. The molecule has 1 aromatic carbocycles. The molecular formula is C22H30N2O3. The molecule has 0 aromatic heterocycles. The van der Waals surface area contributed by atoms with Crippen molar-refractivity contribution in [3.05, 3.63) is 34.9 Å². The van der Waals surface area contributed by atoms with Gasteiger partial charge in [-0.2, -0.15) is 0 Å². The average Bonchev–Trinajstić information content (AvgIpc) is 3.42. The summed E-state index contributed by atoms with van der Waals surface area (Å²) in [6, 6.07) is 5.99. The number of nitrogens with zero attached hydrogens (tertiary/aromatic N) is 2. The summed E-state index contributed by atoms with van der Waals surface area (Å²) in [6.07, 6.45) is 4.66. The van der Waals surface area contributed by atoms with Crippen LogP contribution in [0.1, 0.15) is 48.8 Å². The predicted octanol–water partition coefficient (Wildman–Crippen LogP) is 2.98. The molecule has 1 saturated carbocycles. The monoisotopic (exact) mass is 370 g/mol. The number of carbonyl (C=O) groups excluding carboxylic acids is 1. The maximum atomic E-state index is 12.3. The first-order valence-electron chi connectivity index (χ1n) is 10.2. The van der Waals surface area contributed by atoms with Gasteiger partial charge in [0.15, 0.2) is 0 Å². The van der Waals surface area contributed by atoms with E-state index in [0.29, 0.717) is 18.9 Å². The zero-order chi connectivity index (χ0) is 19.2. The van der Waals surface area contributed by atoms with Crippen molar-refractivity contribution in [2.24, 2.45) is 11.3 Å². The van der Waals surface area contributed by atoms with Gasteiger partial charge in [-0.25, -0.2) is 0 Å². The first kappa shape index (κ1) is 18.5. The molecule has 0 bridgehead atoms. The molecule has 1 spiro atoms. The molecule has 1 aromatic rings. The van der Waals surface area contributed by atoms with E-state index in [0.717, 1.165) is 45.3 Å². The number of carbonyl (C=O) groups is 2. The van der Waals surface area contributed by atoms with Crippen molar-refractivity contribution in [2.45, 2.75) is 58.5 Å². The first-order chi connectivity index (χ1) is 12.9. The van der Waals surface area contributed by atoms with Gasteiger partial charge in [-0.05, 0) is 68.1 Å². The molecule has 5 nitrogen and oxygen atoms in total. The third kappa shape index (κ3) is 3.75. The number of carboxylic acid groups (broad SMARTS) is 1. The van der Waals surface area contributed by atoms with Gasteiger partial charge < -0.3 is 10.0 Å². The molecule has 2 saturated heterocycles. The molecule has 1 atom stereocenters. The summed E-state index contributed by atoms with van der Waals surface area (Å²) in [4.78, 5) is 28.4. The summed E-state index contributed by atoms with van der Waals surface area (Å²) in [6.45, 7) is 7.29. The fourth-order valence-electron chi connectivity index (χ4n) is 4.84. The number of piperidine rings is 1. The highest BCUT2D eigenvalue weighted by molar-refractivity contribution is 5.81. The van der Waals surface area contributed by atoms with Crippen LogP contribution in [-0.4, -0.2) is 52.5 Å². The third-order valence-corrected chi connectivity index (χ3v) is 6.91. The summed E-state index contributed by atoms with van der Waals surface area (Å²) < 4.78 is 0. The van der Waals surface area contributed by atoms with E-state index >= 15 is 0 Å². The number of benzene rings is 1. The zero-order valence-electron chi connectivity index (χ0n) is 16.4. The Morgan fingerprint density at radius 1 is 1.15 bits per heavy atom. The Labute approximate surface area is 161 Å². The van der Waals surface area contributed by atoms with Crippen LogP contribution in [0, 0.1) is 25.2 Å². The number of aryl methyl sites for hydroxylation is 2. The van der Waals surface area contributed by atoms with Crippen LogP contribution in [0.25, 0.3) is 0 Å². The summed E-state index contributed by atoms with van der Waals surface area (Å²) in [5, 5.41) is 9.79. The van der Waals surface area contributed by atoms with E-state index < -0.39 is 12.0 Å². The molecule has 2 aliphatic heterocycles. The highest BCUT2D eigenvalue weighted by Crippen LogP contribution is 2.45. The van der Waals surface area contributed by atoms with Crippen LogP contribution in [0.2, 0.25) is 0 Å². The van der Waals surface area contributed by atoms with Gasteiger partial charge in [0.2, 0.25) is 5.91 Å². The summed E-state index contributed by atoms with van der Waals surface area (Å²) in [7, 11) is 0. The van der Waals surface area contributed by atoms with Gasteiger partial charge in [-0.3, -0.25) is 14.5 Å². The van der Waals surface area contributed by atoms with Crippen LogP contribution in [-0.2, 0) is 16.1 Å². The molecule has 3 fully saturated rings. The van der Waals surface area contributed by atoms with Gasteiger partial charge in [0, 0.05) is 32.1 Å². The molecule has 3 aliphatic rings. The van der Waals surface area contributed by atoms with Crippen LogP contribution in [0.4, 0.5) is 0 Å². The standard InChI is InChI=1S/C22H30N2O3/c1-15-3-4-17(11-16(15)2)13-24-14-22(12-19(24)21(26)27)7-9-23(10-8-22)20(25)18-5-6-18/h3-4,11,18-19H,5-10,12-14H2,1-2H3,(H,26,27)/t19-/m1/s1. The van der Waals surface area contributed by atoms with E-state index in [-0.39, 0.29) is 11.3 Å². The Kier molecular flexibility index (Phi) is 4.75. The lowest BCUT2D eigenvalue weighted by Gasteiger charge is -2.39. The molecule has 0 unspecified atom stereocenters. The first-order valence-corrected chi connectivity index (χ1v) is 10.2. The Hall–Kier alpha value is -1.88. The lowest BCUT2D eigenvalue weighted by Crippen LogP contribution is -2.44. The Morgan fingerprint density at radius 2 is 1.85 bits per heavy atom. The SMILES string of the molecule is Cc1ccc(CN2CC3(CCN(C(=O)C4CC4)CC3)C[C@@H]2C(=O)O)cc1C. The van der Waals surface area contributed by atoms with Crippen LogP contribution in [0.15, 0.2) is 18.2 Å². The third-order valence-electron chi connectivity index (χ3n) is 6.91. The van der Waals surface area contributed by atoms with E-state index in [4.69, 9.17) is 0 Å². The van der Waals surface area contributed by atoms with Crippen molar-refractivity contribution in [3.8, 4) is 0 Å². The highest BCUT2D eigenvalue weighted by Gasteiger charge is 2.49. The number of hydrogen-bond acceptors (Lipinski definition) is 3.